The molecule has 0 saturated carbocycles. The van der Waals surface area contributed by atoms with E-state index >= 15 is 0 Å². The van der Waals surface area contributed by atoms with Gasteiger partial charge in [0.2, 0.25) is 5.28 Å². The maximum absolute atomic E-state index is 6.20. The van der Waals surface area contributed by atoms with Gasteiger partial charge in [-0.2, -0.15) is 0 Å². The molecule has 0 N–H and O–H groups in total. The molecule has 1 aromatic heterocycles. The summed E-state index contributed by atoms with van der Waals surface area (Å²) in [6, 6.07) is 0.325. The van der Waals surface area contributed by atoms with Gasteiger partial charge in [0, 0.05) is 5.41 Å². The van der Waals surface area contributed by atoms with E-state index in [2.05, 4.69) is 35.5 Å². The number of rotatable bonds is 1. The van der Waals surface area contributed by atoms with Crippen LogP contribution in [0.1, 0.15) is 51.9 Å². The minimum absolute atomic E-state index is 0.0397. The lowest BCUT2D eigenvalue weighted by atomic mass is 9.92. The zero-order chi connectivity index (χ0) is 12.2. The molecule has 0 aromatic carbocycles. The van der Waals surface area contributed by atoms with Gasteiger partial charge in [-0.25, -0.2) is 0 Å². The van der Waals surface area contributed by atoms with Gasteiger partial charge < -0.3 is 4.74 Å². The Morgan fingerprint density at radius 1 is 1.29 bits per heavy atom. The molecule has 2 fully saturated rings. The van der Waals surface area contributed by atoms with Gasteiger partial charge in [0.25, 0.3) is 0 Å². The van der Waals surface area contributed by atoms with Crippen molar-refractivity contribution in [3.63, 3.8) is 0 Å². The Balaban J connectivity index is 2.00. The average Bonchev–Trinajstić information content (AvgIpc) is 2.88. The van der Waals surface area contributed by atoms with E-state index in [9.17, 15) is 0 Å². The standard InChI is InChI=1S/C12H18ClN3O/c1-12(2,3)10-14-15-11(13)16(10)8-6-7-4-5-9(8)17-7/h7-9H,4-6H2,1-3H3. The van der Waals surface area contributed by atoms with Crippen molar-refractivity contribution >= 4 is 11.6 Å². The van der Waals surface area contributed by atoms with Crippen molar-refractivity contribution in [1.29, 1.82) is 0 Å². The number of fused-ring (bicyclic) bond motifs is 2. The Morgan fingerprint density at radius 2 is 2.06 bits per heavy atom. The molecule has 3 atom stereocenters. The molecule has 2 saturated heterocycles. The van der Waals surface area contributed by atoms with Crippen LogP contribution < -0.4 is 0 Å². The maximum Gasteiger partial charge on any atom is 0.225 e. The van der Waals surface area contributed by atoms with Crippen molar-refractivity contribution in [3.8, 4) is 0 Å². The monoisotopic (exact) mass is 255 g/mol. The minimum atomic E-state index is -0.0397. The molecule has 2 aliphatic heterocycles. The van der Waals surface area contributed by atoms with E-state index < -0.39 is 0 Å². The SMILES string of the molecule is CC(C)(C)c1nnc(Cl)n1C1CC2CCC1O2. The smallest absolute Gasteiger partial charge is 0.225 e. The maximum atomic E-state index is 6.20. The Labute approximate surface area is 106 Å². The molecule has 2 aliphatic rings. The van der Waals surface area contributed by atoms with Crippen molar-refractivity contribution < 1.29 is 4.74 Å². The summed E-state index contributed by atoms with van der Waals surface area (Å²) < 4.78 is 7.98. The lowest BCUT2D eigenvalue weighted by Gasteiger charge is -2.26. The molecule has 0 spiro atoms. The fourth-order valence-electron chi connectivity index (χ4n) is 2.96. The number of halogens is 1. The third-order valence-electron chi connectivity index (χ3n) is 3.73. The van der Waals surface area contributed by atoms with Crippen LogP contribution >= 0.6 is 11.6 Å². The molecular weight excluding hydrogens is 238 g/mol. The molecule has 2 bridgehead atoms. The number of nitrogens with zero attached hydrogens (tertiary/aromatic N) is 3. The van der Waals surface area contributed by atoms with Crippen molar-refractivity contribution in [2.45, 2.75) is 63.7 Å². The van der Waals surface area contributed by atoms with Crippen LogP contribution in [0.4, 0.5) is 0 Å². The highest BCUT2D eigenvalue weighted by molar-refractivity contribution is 6.28. The summed E-state index contributed by atoms with van der Waals surface area (Å²) in [5, 5.41) is 8.77. The molecule has 0 amide bonds. The molecule has 4 nitrogen and oxygen atoms in total. The molecule has 3 rings (SSSR count). The molecule has 3 unspecified atom stereocenters. The van der Waals surface area contributed by atoms with E-state index in [1.807, 2.05) is 0 Å². The fraction of sp³-hybridized carbons (Fsp3) is 0.833. The van der Waals surface area contributed by atoms with Crippen LogP contribution in [-0.2, 0) is 10.2 Å². The first-order chi connectivity index (χ1) is 7.97. The van der Waals surface area contributed by atoms with E-state index in [-0.39, 0.29) is 5.41 Å². The summed E-state index contributed by atoms with van der Waals surface area (Å²) in [4.78, 5) is 0. The lowest BCUT2D eigenvalue weighted by Crippen LogP contribution is -2.27. The van der Waals surface area contributed by atoms with Crippen molar-refractivity contribution in [2.24, 2.45) is 0 Å². The van der Waals surface area contributed by atoms with Gasteiger partial charge in [0.15, 0.2) is 0 Å². The Morgan fingerprint density at radius 3 is 2.59 bits per heavy atom. The van der Waals surface area contributed by atoms with Crippen LogP contribution in [0.5, 0.6) is 0 Å². The first-order valence-electron chi connectivity index (χ1n) is 6.23. The van der Waals surface area contributed by atoms with Crippen LogP contribution in [0.3, 0.4) is 0 Å². The van der Waals surface area contributed by atoms with E-state index in [1.165, 1.54) is 6.42 Å². The molecule has 0 aliphatic carbocycles. The molecular formula is C12H18ClN3O. The van der Waals surface area contributed by atoms with E-state index in [0.29, 0.717) is 23.5 Å². The summed E-state index contributed by atoms with van der Waals surface area (Å²) in [6.45, 7) is 6.41. The zero-order valence-electron chi connectivity index (χ0n) is 10.5. The highest BCUT2D eigenvalue weighted by Crippen LogP contribution is 2.44. The van der Waals surface area contributed by atoms with Gasteiger partial charge in [0.1, 0.15) is 5.82 Å². The van der Waals surface area contributed by atoms with Gasteiger partial charge in [0.05, 0.1) is 18.2 Å². The third-order valence-corrected chi connectivity index (χ3v) is 3.99. The quantitative estimate of drug-likeness (QED) is 0.775. The molecule has 94 valence electrons. The Kier molecular flexibility index (Phi) is 2.49. The highest BCUT2D eigenvalue weighted by atomic mass is 35.5. The molecule has 5 heteroatoms. The number of hydrogen-bond acceptors (Lipinski definition) is 3. The lowest BCUT2D eigenvalue weighted by molar-refractivity contribution is 0.0931. The first kappa shape index (κ1) is 11.5. The second-order valence-electron chi connectivity index (χ2n) is 6.09. The third kappa shape index (κ3) is 1.78. The van der Waals surface area contributed by atoms with E-state index in [0.717, 1.165) is 18.7 Å². The number of aromatic nitrogens is 3. The van der Waals surface area contributed by atoms with Crippen LogP contribution in [0.2, 0.25) is 5.28 Å². The summed E-state index contributed by atoms with van der Waals surface area (Å²) in [7, 11) is 0. The largest absolute Gasteiger partial charge is 0.373 e. The van der Waals surface area contributed by atoms with Crippen LogP contribution in [-0.4, -0.2) is 27.0 Å². The summed E-state index contributed by atoms with van der Waals surface area (Å²) >= 11 is 6.20. The molecule has 17 heavy (non-hydrogen) atoms. The van der Waals surface area contributed by atoms with Crippen molar-refractivity contribution in [2.75, 3.05) is 0 Å². The number of ether oxygens (including phenoxy) is 1. The van der Waals surface area contributed by atoms with Gasteiger partial charge in [-0.1, -0.05) is 20.8 Å². The van der Waals surface area contributed by atoms with Gasteiger partial charge in [-0.15, -0.1) is 10.2 Å². The Bertz CT molecular complexity index is 437. The average molecular weight is 256 g/mol. The first-order valence-corrected chi connectivity index (χ1v) is 6.61. The highest BCUT2D eigenvalue weighted by Gasteiger charge is 2.44. The second-order valence-corrected chi connectivity index (χ2v) is 6.43. The summed E-state index contributed by atoms with van der Waals surface area (Å²) in [5.74, 6) is 0.962. The van der Waals surface area contributed by atoms with Crippen molar-refractivity contribution in [3.05, 3.63) is 11.1 Å². The topological polar surface area (TPSA) is 39.9 Å². The molecule has 1 aromatic rings. The van der Waals surface area contributed by atoms with Gasteiger partial charge in [-0.05, 0) is 30.9 Å². The van der Waals surface area contributed by atoms with E-state index in [1.54, 1.807) is 0 Å². The van der Waals surface area contributed by atoms with Crippen LogP contribution in [0.25, 0.3) is 0 Å². The summed E-state index contributed by atoms with van der Waals surface area (Å²) in [5.41, 5.74) is -0.0397. The predicted molar refractivity (Wildman–Crippen MR) is 65.3 cm³/mol. The fourth-order valence-corrected chi connectivity index (χ4v) is 3.20. The van der Waals surface area contributed by atoms with E-state index in [4.69, 9.17) is 16.3 Å². The van der Waals surface area contributed by atoms with Gasteiger partial charge >= 0.3 is 0 Å². The minimum Gasteiger partial charge on any atom is -0.373 e. The predicted octanol–water partition coefficient (Wildman–Crippen LogP) is 2.72. The van der Waals surface area contributed by atoms with Crippen LogP contribution in [0, 0.1) is 0 Å². The normalized spacial score (nSPS) is 32.4. The Hall–Kier alpha value is -0.610. The summed E-state index contributed by atoms with van der Waals surface area (Å²) in [6.07, 6.45) is 4.08. The molecule has 3 heterocycles. The van der Waals surface area contributed by atoms with Gasteiger partial charge in [-0.3, -0.25) is 4.57 Å². The zero-order valence-corrected chi connectivity index (χ0v) is 11.2. The molecule has 0 radical (unpaired) electrons. The van der Waals surface area contributed by atoms with Crippen LogP contribution in [0.15, 0.2) is 0 Å². The number of hydrogen-bond donors (Lipinski definition) is 0. The van der Waals surface area contributed by atoms with Crippen molar-refractivity contribution in [1.82, 2.24) is 14.8 Å². The second kappa shape index (κ2) is 3.69.